The first-order chi connectivity index (χ1) is 10.7. The predicted octanol–water partition coefficient (Wildman–Crippen LogP) is 6.10. The standard InChI is InChI=1S/C20H23BrO/c1-2-22-19-11-9-16(10-12-19)20(13-4-3-5-14-20)17-7-6-8-18(21)15-17/h6-12,15H,2-5,13-14H2,1H3. The van der Waals surface area contributed by atoms with E-state index < -0.39 is 0 Å². The molecule has 1 fully saturated rings. The monoisotopic (exact) mass is 358 g/mol. The molecule has 2 heteroatoms. The number of ether oxygens (including phenoxy) is 1. The Morgan fingerprint density at radius 1 is 0.955 bits per heavy atom. The summed E-state index contributed by atoms with van der Waals surface area (Å²) in [7, 11) is 0. The lowest BCUT2D eigenvalue weighted by molar-refractivity contribution is 0.335. The molecule has 0 bridgehead atoms. The van der Waals surface area contributed by atoms with Gasteiger partial charge in [-0.3, -0.25) is 0 Å². The van der Waals surface area contributed by atoms with E-state index in [0.29, 0.717) is 0 Å². The second-order valence-electron chi connectivity index (χ2n) is 6.11. The predicted molar refractivity (Wildman–Crippen MR) is 95.6 cm³/mol. The lowest BCUT2D eigenvalue weighted by atomic mass is 9.65. The molecule has 0 radical (unpaired) electrons. The van der Waals surface area contributed by atoms with Crippen molar-refractivity contribution in [2.75, 3.05) is 6.61 Å². The van der Waals surface area contributed by atoms with Gasteiger partial charge in [-0.15, -0.1) is 0 Å². The van der Waals surface area contributed by atoms with Crippen LogP contribution >= 0.6 is 15.9 Å². The van der Waals surface area contributed by atoms with Gasteiger partial charge in [0.2, 0.25) is 0 Å². The Labute approximate surface area is 141 Å². The molecule has 2 aromatic carbocycles. The van der Waals surface area contributed by atoms with E-state index >= 15 is 0 Å². The summed E-state index contributed by atoms with van der Waals surface area (Å²) in [6.45, 7) is 2.74. The van der Waals surface area contributed by atoms with Crippen LogP contribution in [0.15, 0.2) is 53.0 Å². The fourth-order valence-electron chi connectivity index (χ4n) is 3.72. The molecule has 0 atom stereocenters. The van der Waals surface area contributed by atoms with Crippen LogP contribution in [0.3, 0.4) is 0 Å². The van der Waals surface area contributed by atoms with Crippen LogP contribution in [0.4, 0.5) is 0 Å². The van der Waals surface area contributed by atoms with Crippen LogP contribution < -0.4 is 4.74 Å². The highest BCUT2D eigenvalue weighted by atomic mass is 79.9. The number of hydrogen-bond donors (Lipinski definition) is 0. The zero-order valence-corrected chi connectivity index (χ0v) is 14.7. The molecule has 0 aromatic heterocycles. The summed E-state index contributed by atoms with van der Waals surface area (Å²) in [5, 5.41) is 0. The van der Waals surface area contributed by atoms with Gasteiger partial charge >= 0.3 is 0 Å². The summed E-state index contributed by atoms with van der Waals surface area (Å²) < 4.78 is 6.77. The van der Waals surface area contributed by atoms with E-state index in [4.69, 9.17) is 4.74 Å². The smallest absolute Gasteiger partial charge is 0.119 e. The average Bonchev–Trinajstić information content (AvgIpc) is 2.56. The number of rotatable bonds is 4. The van der Waals surface area contributed by atoms with E-state index in [0.717, 1.165) is 12.4 Å². The molecule has 3 rings (SSSR count). The first-order valence-corrected chi connectivity index (χ1v) is 9.03. The van der Waals surface area contributed by atoms with Gasteiger partial charge < -0.3 is 4.74 Å². The molecule has 2 aromatic rings. The number of hydrogen-bond acceptors (Lipinski definition) is 1. The summed E-state index contributed by atoms with van der Waals surface area (Å²) in [5.41, 5.74) is 3.02. The Morgan fingerprint density at radius 2 is 1.68 bits per heavy atom. The molecule has 0 unspecified atom stereocenters. The summed E-state index contributed by atoms with van der Waals surface area (Å²) >= 11 is 3.64. The second-order valence-corrected chi connectivity index (χ2v) is 7.03. The molecule has 1 saturated carbocycles. The van der Waals surface area contributed by atoms with Crippen LogP contribution in [0.2, 0.25) is 0 Å². The van der Waals surface area contributed by atoms with Gasteiger partial charge in [0.05, 0.1) is 6.61 Å². The number of benzene rings is 2. The van der Waals surface area contributed by atoms with Crippen molar-refractivity contribution in [3.63, 3.8) is 0 Å². The molecule has 22 heavy (non-hydrogen) atoms. The van der Waals surface area contributed by atoms with E-state index in [-0.39, 0.29) is 5.41 Å². The zero-order chi connectivity index (χ0) is 15.4. The Bertz CT molecular complexity index is 612. The average molecular weight is 359 g/mol. The highest BCUT2D eigenvalue weighted by molar-refractivity contribution is 9.10. The number of halogens is 1. The lowest BCUT2D eigenvalue weighted by Crippen LogP contribution is -2.30. The third kappa shape index (κ3) is 3.08. The van der Waals surface area contributed by atoms with E-state index in [1.807, 2.05) is 6.92 Å². The molecule has 1 aliphatic carbocycles. The Hall–Kier alpha value is -1.28. The van der Waals surface area contributed by atoms with Gasteiger partial charge in [-0.1, -0.05) is 59.5 Å². The first-order valence-electron chi connectivity index (χ1n) is 8.24. The van der Waals surface area contributed by atoms with Crippen molar-refractivity contribution in [3.05, 3.63) is 64.1 Å². The van der Waals surface area contributed by atoms with Crippen molar-refractivity contribution >= 4 is 15.9 Å². The maximum absolute atomic E-state index is 5.60. The second kappa shape index (κ2) is 6.87. The highest BCUT2D eigenvalue weighted by Gasteiger charge is 2.35. The normalized spacial score (nSPS) is 17.2. The van der Waals surface area contributed by atoms with Crippen molar-refractivity contribution < 1.29 is 4.74 Å². The van der Waals surface area contributed by atoms with Crippen LogP contribution in [0, 0.1) is 0 Å². The molecule has 0 amide bonds. The van der Waals surface area contributed by atoms with Crippen LogP contribution in [0.1, 0.15) is 50.2 Å². The van der Waals surface area contributed by atoms with Gasteiger partial charge in [0.1, 0.15) is 5.75 Å². The summed E-state index contributed by atoms with van der Waals surface area (Å²) in [4.78, 5) is 0. The van der Waals surface area contributed by atoms with Gasteiger partial charge in [0, 0.05) is 9.89 Å². The van der Waals surface area contributed by atoms with Gasteiger partial charge in [0.25, 0.3) is 0 Å². The van der Waals surface area contributed by atoms with Crippen molar-refractivity contribution in [2.45, 2.75) is 44.4 Å². The molecule has 1 aliphatic rings. The topological polar surface area (TPSA) is 9.23 Å². The third-order valence-electron chi connectivity index (χ3n) is 4.80. The van der Waals surface area contributed by atoms with Crippen molar-refractivity contribution in [3.8, 4) is 5.75 Å². The van der Waals surface area contributed by atoms with Crippen LogP contribution in [0.25, 0.3) is 0 Å². The quantitative estimate of drug-likeness (QED) is 0.641. The Morgan fingerprint density at radius 3 is 2.32 bits per heavy atom. The first kappa shape index (κ1) is 15.6. The van der Waals surface area contributed by atoms with Crippen LogP contribution in [-0.2, 0) is 5.41 Å². The summed E-state index contributed by atoms with van der Waals surface area (Å²) in [5.74, 6) is 0.964. The van der Waals surface area contributed by atoms with Gasteiger partial charge in [-0.05, 0) is 55.2 Å². The van der Waals surface area contributed by atoms with Gasteiger partial charge in [-0.2, -0.15) is 0 Å². The van der Waals surface area contributed by atoms with E-state index in [1.165, 1.54) is 47.7 Å². The largest absolute Gasteiger partial charge is 0.494 e. The fourth-order valence-corrected chi connectivity index (χ4v) is 4.12. The van der Waals surface area contributed by atoms with E-state index in [2.05, 4.69) is 64.5 Å². The van der Waals surface area contributed by atoms with Gasteiger partial charge in [-0.25, -0.2) is 0 Å². The van der Waals surface area contributed by atoms with E-state index in [9.17, 15) is 0 Å². The molecule has 0 heterocycles. The van der Waals surface area contributed by atoms with E-state index in [1.54, 1.807) is 0 Å². The Balaban J connectivity index is 2.02. The minimum absolute atomic E-state index is 0.159. The zero-order valence-electron chi connectivity index (χ0n) is 13.1. The molecule has 0 spiro atoms. The summed E-state index contributed by atoms with van der Waals surface area (Å²) in [6, 6.07) is 17.6. The summed E-state index contributed by atoms with van der Waals surface area (Å²) in [6.07, 6.45) is 6.43. The van der Waals surface area contributed by atoms with Crippen LogP contribution in [0.5, 0.6) is 5.75 Å². The SMILES string of the molecule is CCOc1ccc(C2(c3cccc(Br)c3)CCCCC2)cc1. The van der Waals surface area contributed by atoms with Crippen molar-refractivity contribution in [1.29, 1.82) is 0 Å². The fraction of sp³-hybridized carbons (Fsp3) is 0.400. The molecule has 0 aliphatic heterocycles. The molecular weight excluding hydrogens is 336 g/mol. The molecule has 1 nitrogen and oxygen atoms in total. The Kier molecular flexibility index (Phi) is 4.87. The minimum atomic E-state index is 0.159. The maximum Gasteiger partial charge on any atom is 0.119 e. The van der Waals surface area contributed by atoms with Crippen molar-refractivity contribution in [2.24, 2.45) is 0 Å². The molecule has 0 N–H and O–H groups in total. The highest BCUT2D eigenvalue weighted by Crippen LogP contribution is 2.45. The molecule has 0 saturated heterocycles. The minimum Gasteiger partial charge on any atom is -0.494 e. The van der Waals surface area contributed by atoms with Gasteiger partial charge in [0.15, 0.2) is 0 Å². The van der Waals surface area contributed by atoms with Crippen LogP contribution in [-0.4, -0.2) is 6.61 Å². The molecule has 116 valence electrons. The molecular formula is C20H23BrO. The lowest BCUT2D eigenvalue weighted by Gasteiger charge is -2.39. The maximum atomic E-state index is 5.60. The third-order valence-corrected chi connectivity index (χ3v) is 5.30. The van der Waals surface area contributed by atoms with Crippen molar-refractivity contribution in [1.82, 2.24) is 0 Å².